The summed E-state index contributed by atoms with van der Waals surface area (Å²) in [7, 11) is 3.16. The molecule has 9 heteroatoms. The van der Waals surface area contributed by atoms with E-state index in [1.165, 1.54) is 6.26 Å². The number of methoxy groups -OCH3 is 2. The number of benzene rings is 2. The number of anilines is 2. The predicted molar refractivity (Wildman–Crippen MR) is 127 cm³/mol. The first-order chi connectivity index (χ1) is 14.1. The molecule has 3 aromatic rings. The van der Waals surface area contributed by atoms with Gasteiger partial charge in [-0.05, 0) is 42.0 Å². The molecule has 4 N–H and O–H groups in total. The molecular formula is C21H23IN4O4. The first kappa shape index (κ1) is 23.1. The summed E-state index contributed by atoms with van der Waals surface area (Å²) in [4.78, 5) is 16.3. The molecule has 0 unspecified atom stereocenters. The van der Waals surface area contributed by atoms with E-state index in [0.29, 0.717) is 29.4 Å². The number of hydrogen-bond donors (Lipinski definition) is 3. The normalized spacial score (nSPS) is 10.7. The Balaban J connectivity index is 0.00000320. The van der Waals surface area contributed by atoms with Gasteiger partial charge in [-0.1, -0.05) is 12.1 Å². The number of rotatable bonds is 7. The van der Waals surface area contributed by atoms with Gasteiger partial charge in [0.05, 0.1) is 32.7 Å². The molecule has 158 valence electrons. The van der Waals surface area contributed by atoms with E-state index in [1.807, 2.05) is 12.1 Å². The third-order valence-corrected chi connectivity index (χ3v) is 4.06. The van der Waals surface area contributed by atoms with Crippen molar-refractivity contribution in [2.24, 2.45) is 10.7 Å². The second-order valence-electron chi connectivity index (χ2n) is 6.02. The molecule has 1 aromatic heterocycles. The molecule has 0 radical (unpaired) electrons. The van der Waals surface area contributed by atoms with Gasteiger partial charge in [-0.15, -0.1) is 24.0 Å². The van der Waals surface area contributed by atoms with Gasteiger partial charge in [0.25, 0.3) is 5.91 Å². The Morgan fingerprint density at radius 3 is 2.47 bits per heavy atom. The monoisotopic (exact) mass is 522 g/mol. The van der Waals surface area contributed by atoms with Crippen LogP contribution in [-0.4, -0.2) is 26.1 Å². The first-order valence-corrected chi connectivity index (χ1v) is 8.82. The third kappa shape index (κ3) is 6.14. The largest absolute Gasteiger partial charge is 0.497 e. The fourth-order valence-electron chi connectivity index (χ4n) is 2.56. The van der Waals surface area contributed by atoms with Crippen molar-refractivity contribution in [3.8, 4) is 11.5 Å². The summed E-state index contributed by atoms with van der Waals surface area (Å²) < 4.78 is 15.6. The lowest BCUT2D eigenvalue weighted by atomic mass is 10.2. The number of amides is 1. The van der Waals surface area contributed by atoms with Gasteiger partial charge in [0.2, 0.25) is 0 Å². The molecule has 2 aromatic carbocycles. The van der Waals surface area contributed by atoms with Gasteiger partial charge in [-0.2, -0.15) is 0 Å². The minimum atomic E-state index is -0.304. The van der Waals surface area contributed by atoms with Crippen LogP contribution in [0.5, 0.6) is 11.5 Å². The highest BCUT2D eigenvalue weighted by Crippen LogP contribution is 2.28. The molecule has 0 aliphatic rings. The summed E-state index contributed by atoms with van der Waals surface area (Å²) >= 11 is 0. The topological polar surface area (TPSA) is 111 Å². The summed E-state index contributed by atoms with van der Waals surface area (Å²) in [5.41, 5.74) is 8.24. The number of furan rings is 1. The number of nitrogens with one attached hydrogen (secondary N) is 2. The summed E-state index contributed by atoms with van der Waals surface area (Å²) in [6.07, 6.45) is 1.45. The third-order valence-electron chi connectivity index (χ3n) is 4.06. The summed E-state index contributed by atoms with van der Waals surface area (Å²) in [6, 6.07) is 15.9. The van der Waals surface area contributed by atoms with E-state index >= 15 is 0 Å². The van der Waals surface area contributed by atoms with Crippen LogP contribution in [0.2, 0.25) is 0 Å². The number of ether oxygens (including phenoxy) is 2. The zero-order valence-electron chi connectivity index (χ0n) is 16.5. The van der Waals surface area contributed by atoms with Gasteiger partial charge in [-0.3, -0.25) is 4.79 Å². The van der Waals surface area contributed by atoms with Crippen LogP contribution >= 0.6 is 24.0 Å². The van der Waals surface area contributed by atoms with Crippen LogP contribution in [0.1, 0.15) is 16.1 Å². The Labute approximate surface area is 191 Å². The van der Waals surface area contributed by atoms with Gasteiger partial charge < -0.3 is 30.3 Å². The van der Waals surface area contributed by atoms with Crippen LogP contribution in [0, 0.1) is 0 Å². The van der Waals surface area contributed by atoms with Crippen LogP contribution in [-0.2, 0) is 6.54 Å². The van der Waals surface area contributed by atoms with E-state index in [9.17, 15) is 4.79 Å². The van der Waals surface area contributed by atoms with E-state index < -0.39 is 0 Å². The maximum absolute atomic E-state index is 12.0. The van der Waals surface area contributed by atoms with E-state index in [4.69, 9.17) is 19.6 Å². The Morgan fingerprint density at radius 2 is 1.83 bits per heavy atom. The lowest BCUT2D eigenvalue weighted by molar-refractivity contribution is 0.0996. The Hall–Kier alpha value is -3.21. The lowest BCUT2D eigenvalue weighted by Gasteiger charge is -2.12. The molecular weight excluding hydrogens is 499 g/mol. The highest BCUT2D eigenvalue weighted by Gasteiger charge is 2.09. The van der Waals surface area contributed by atoms with Crippen LogP contribution < -0.4 is 25.8 Å². The van der Waals surface area contributed by atoms with Crippen molar-refractivity contribution in [2.75, 3.05) is 24.9 Å². The first-order valence-electron chi connectivity index (χ1n) is 8.82. The molecule has 1 amide bonds. The Bertz CT molecular complexity index is 989. The molecule has 8 nitrogen and oxygen atoms in total. The molecule has 30 heavy (non-hydrogen) atoms. The van der Waals surface area contributed by atoms with Gasteiger partial charge >= 0.3 is 0 Å². The highest BCUT2D eigenvalue weighted by atomic mass is 127. The molecule has 0 bridgehead atoms. The van der Waals surface area contributed by atoms with Crippen molar-refractivity contribution in [1.29, 1.82) is 0 Å². The molecule has 0 fully saturated rings. The fraction of sp³-hybridized carbons (Fsp3) is 0.143. The molecule has 0 saturated carbocycles. The average Bonchev–Trinajstić information content (AvgIpc) is 3.28. The number of nitrogens with two attached hydrogens (primary N) is 1. The number of aliphatic imine (C=N–C) groups is 1. The van der Waals surface area contributed by atoms with E-state index in [0.717, 1.165) is 5.56 Å². The molecule has 1 heterocycles. The van der Waals surface area contributed by atoms with Crippen molar-refractivity contribution in [3.63, 3.8) is 0 Å². The van der Waals surface area contributed by atoms with Crippen molar-refractivity contribution in [2.45, 2.75) is 6.54 Å². The zero-order valence-corrected chi connectivity index (χ0v) is 18.9. The predicted octanol–water partition coefficient (Wildman–Crippen LogP) is 4.09. The second-order valence-corrected chi connectivity index (χ2v) is 6.02. The summed E-state index contributed by atoms with van der Waals surface area (Å²) in [5, 5.41) is 5.78. The summed E-state index contributed by atoms with van der Waals surface area (Å²) in [5.74, 6) is 1.49. The van der Waals surface area contributed by atoms with Crippen molar-refractivity contribution in [3.05, 3.63) is 72.2 Å². The number of nitrogens with zero attached hydrogens (tertiary/aromatic N) is 1. The van der Waals surface area contributed by atoms with Crippen LogP contribution in [0.15, 0.2) is 70.3 Å². The van der Waals surface area contributed by atoms with Crippen LogP contribution in [0.4, 0.5) is 11.4 Å². The van der Waals surface area contributed by atoms with Crippen molar-refractivity contribution < 1.29 is 18.7 Å². The van der Waals surface area contributed by atoms with Gasteiger partial charge in [0.1, 0.15) is 11.5 Å². The van der Waals surface area contributed by atoms with E-state index in [-0.39, 0.29) is 41.6 Å². The average molecular weight is 522 g/mol. The molecule has 3 rings (SSSR count). The maximum Gasteiger partial charge on any atom is 0.291 e. The SMILES string of the molecule is COc1ccc(OC)c(NC(N)=NCc2ccc(NC(=O)c3ccco3)cc2)c1.I. The van der Waals surface area contributed by atoms with Gasteiger partial charge in [0.15, 0.2) is 11.7 Å². The number of hydrogen-bond acceptors (Lipinski definition) is 5. The van der Waals surface area contributed by atoms with E-state index in [2.05, 4.69) is 15.6 Å². The summed E-state index contributed by atoms with van der Waals surface area (Å²) in [6.45, 7) is 0.373. The smallest absolute Gasteiger partial charge is 0.291 e. The number of carbonyl (C=O) groups excluding carboxylic acids is 1. The highest BCUT2D eigenvalue weighted by molar-refractivity contribution is 14.0. The quantitative estimate of drug-likeness (QED) is 0.245. The minimum Gasteiger partial charge on any atom is -0.497 e. The molecule has 0 atom stereocenters. The molecule has 0 saturated heterocycles. The number of guanidine groups is 1. The zero-order chi connectivity index (χ0) is 20.6. The standard InChI is InChI=1S/C21H22N4O4.HI/c1-27-16-9-10-18(28-2)17(12-16)25-21(22)23-13-14-5-7-15(8-6-14)24-20(26)19-4-3-11-29-19;/h3-12H,13H2,1-2H3,(H,24,26)(H3,22,23,25);1H. The van der Waals surface area contributed by atoms with Crippen LogP contribution in [0.3, 0.4) is 0 Å². The minimum absolute atomic E-state index is 0. The van der Waals surface area contributed by atoms with E-state index in [1.54, 1.807) is 56.7 Å². The van der Waals surface area contributed by atoms with Gasteiger partial charge in [-0.25, -0.2) is 4.99 Å². The molecule has 0 spiro atoms. The van der Waals surface area contributed by atoms with Crippen LogP contribution in [0.25, 0.3) is 0 Å². The lowest BCUT2D eigenvalue weighted by Crippen LogP contribution is -2.23. The number of halogens is 1. The second kappa shape index (κ2) is 11.1. The van der Waals surface area contributed by atoms with Gasteiger partial charge in [0, 0.05) is 11.8 Å². The molecule has 0 aliphatic carbocycles. The van der Waals surface area contributed by atoms with Crippen molar-refractivity contribution >= 4 is 47.2 Å². The van der Waals surface area contributed by atoms with Crippen molar-refractivity contribution in [1.82, 2.24) is 0 Å². The Morgan fingerprint density at radius 1 is 1.07 bits per heavy atom. The molecule has 0 aliphatic heterocycles. The fourth-order valence-corrected chi connectivity index (χ4v) is 2.56. The maximum atomic E-state index is 12.0. The Kier molecular flexibility index (Phi) is 8.54. The number of carbonyl (C=O) groups is 1.